The van der Waals surface area contributed by atoms with Crippen molar-refractivity contribution in [2.45, 2.75) is 40.1 Å². The molecule has 106 valence electrons. The van der Waals surface area contributed by atoms with Crippen LogP contribution in [0.4, 0.5) is 0 Å². The summed E-state index contributed by atoms with van der Waals surface area (Å²) >= 11 is 0. The summed E-state index contributed by atoms with van der Waals surface area (Å²) in [6.07, 6.45) is -1.29. The van der Waals surface area contributed by atoms with E-state index in [0.717, 1.165) is 0 Å². The number of hydrogen-bond donors (Lipinski definition) is 1. The van der Waals surface area contributed by atoms with Crippen molar-refractivity contribution in [1.29, 1.82) is 0 Å². The molecule has 0 saturated heterocycles. The van der Waals surface area contributed by atoms with Crippen LogP contribution in [0.3, 0.4) is 0 Å². The van der Waals surface area contributed by atoms with Crippen molar-refractivity contribution in [2.24, 2.45) is 5.92 Å². The zero-order valence-electron chi connectivity index (χ0n) is 11.6. The smallest absolute Gasteiger partial charge is 0.218 e. The minimum atomic E-state index is -1.08. The summed E-state index contributed by atoms with van der Waals surface area (Å²) < 4.78 is 21.9. The normalized spacial score (nSPS) is 28.4. The topological polar surface area (TPSA) is 57.2 Å². The van der Waals surface area contributed by atoms with E-state index >= 15 is 0 Å². The van der Waals surface area contributed by atoms with Crippen LogP contribution in [0.2, 0.25) is 0 Å². The number of hydrogen-bond acceptors (Lipinski definition) is 5. The summed E-state index contributed by atoms with van der Waals surface area (Å²) in [4.78, 5) is 0. The average Bonchev–Trinajstić information content (AvgIpc) is 2.36. The van der Waals surface area contributed by atoms with Crippen LogP contribution in [0.5, 0.6) is 0 Å². The SMILES string of the molecule is CCOCC1O[C@H](O)C(OCC)=C(OCC)[C@@H]1C. The monoisotopic (exact) mass is 260 g/mol. The zero-order valence-corrected chi connectivity index (χ0v) is 11.6. The van der Waals surface area contributed by atoms with Crippen molar-refractivity contribution in [3.63, 3.8) is 0 Å². The minimum Gasteiger partial charge on any atom is -0.494 e. The molecule has 1 N–H and O–H groups in total. The Morgan fingerprint density at radius 3 is 2.22 bits per heavy atom. The van der Waals surface area contributed by atoms with E-state index in [1.807, 2.05) is 27.7 Å². The molecular weight excluding hydrogens is 236 g/mol. The molecule has 1 unspecified atom stereocenters. The van der Waals surface area contributed by atoms with Gasteiger partial charge in [0.05, 0.1) is 25.9 Å². The van der Waals surface area contributed by atoms with Gasteiger partial charge in [-0.25, -0.2) is 0 Å². The maximum absolute atomic E-state index is 9.94. The number of aliphatic hydroxyl groups excluding tert-OH is 1. The first kappa shape index (κ1) is 15.3. The second-order valence-electron chi connectivity index (χ2n) is 4.07. The largest absolute Gasteiger partial charge is 0.494 e. The summed E-state index contributed by atoms with van der Waals surface area (Å²) in [6, 6.07) is 0. The van der Waals surface area contributed by atoms with Crippen LogP contribution in [-0.4, -0.2) is 43.9 Å². The van der Waals surface area contributed by atoms with Crippen LogP contribution >= 0.6 is 0 Å². The van der Waals surface area contributed by atoms with E-state index in [-0.39, 0.29) is 12.0 Å². The van der Waals surface area contributed by atoms with Crippen molar-refractivity contribution in [2.75, 3.05) is 26.4 Å². The highest BCUT2D eigenvalue weighted by molar-refractivity contribution is 5.12. The van der Waals surface area contributed by atoms with E-state index in [2.05, 4.69) is 0 Å². The molecule has 5 heteroatoms. The first-order chi connectivity index (χ1) is 8.65. The van der Waals surface area contributed by atoms with Crippen LogP contribution in [0, 0.1) is 5.92 Å². The second kappa shape index (κ2) is 7.61. The molecule has 1 aliphatic rings. The van der Waals surface area contributed by atoms with Crippen LogP contribution in [0.15, 0.2) is 11.5 Å². The van der Waals surface area contributed by atoms with E-state index in [1.165, 1.54) is 0 Å². The molecule has 0 aromatic rings. The van der Waals surface area contributed by atoms with Gasteiger partial charge < -0.3 is 24.1 Å². The molecule has 0 radical (unpaired) electrons. The molecule has 0 fully saturated rings. The van der Waals surface area contributed by atoms with Gasteiger partial charge in [0.25, 0.3) is 0 Å². The van der Waals surface area contributed by atoms with Gasteiger partial charge in [0, 0.05) is 12.5 Å². The Labute approximate surface area is 109 Å². The quantitative estimate of drug-likeness (QED) is 0.754. The van der Waals surface area contributed by atoms with Gasteiger partial charge in [0.2, 0.25) is 6.29 Å². The van der Waals surface area contributed by atoms with Gasteiger partial charge in [-0.1, -0.05) is 6.92 Å². The molecule has 0 bridgehead atoms. The van der Waals surface area contributed by atoms with Crippen molar-refractivity contribution >= 4 is 0 Å². The highest BCUT2D eigenvalue weighted by Crippen LogP contribution is 2.31. The zero-order chi connectivity index (χ0) is 13.5. The van der Waals surface area contributed by atoms with Gasteiger partial charge in [-0.05, 0) is 20.8 Å². The predicted octanol–water partition coefficient (Wildman–Crippen LogP) is 1.66. The molecule has 1 heterocycles. The molecule has 0 aliphatic carbocycles. The lowest BCUT2D eigenvalue weighted by atomic mass is 9.99. The van der Waals surface area contributed by atoms with Gasteiger partial charge in [0.1, 0.15) is 5.76 Å². The molecule has 18 heavy (non-hydrogen) atoms. The Balaban J connectivity index is 2.85. The summed E-state index contributed by atoms with van der Waals surface area (Å²) in [5.74, 6) is 1.06. The van der Waals surface area contributed by atoms with Crippen molar-refractivity contribution < 1.29 is 24.1 Å². The van der Waals surface area contributed by atoms with Gasteiger partial charge in [0.15, 0.2) is 5.76 Å². The van der Waals surface area contributed by atoms with Crippen LogP contribution in [0.25, 0.3) is 0 Å². The first-order valence-corrected chi connectivity index (χ1v) is 6.56. The average molecular weight is 260 g/mol. The number of ether oxygens (including phenoxy) is 4. The van der Waals surface area contributed by atoms with Gasteiger partial charge >= 0.3 is 0 Å². The Morgan fingerprint density at radius 2 is 1.67 bits per heavy atom. The van der Waals surface area contributed by atoms with E-state index in [0.29, 0.717) is 37.9 Å². The molecule has 0 aromatic carbocycles. The third-order valence-electron chi connectivity index (χ3n) is 2.83. The fourth-order valence-electron chi connectivity index (χ4n) is 1.93. The molecule has 3 atom stereocenters. The van der Waals surface area contributed by atoms with E-state index < -0.39 is 6.29 Å². The van der Waals surface area contributed by atoms with Gasteiger partial charge in [-0.2, -0.15) is 0 Å². The Hall–Kier alpha value is -0.780. The minimum absolute atomic E-state index is 0.00134. The van der Waals surface area contributed by atoms with E-state index in [1.54, 1.807) is 0 Å². The highest BCUT2D eigenvalue weighted by Gasteiger charge is 2.37. The van der Waals surface area contributed by atoms with E-state index in [9.17, 15) is 5.11 Å². The van der Waals surface area contributed by atoms with Crippen molar-refractivity contribution in [3.05, 3.63) is 11.5 Å². The van der Waals surface area contributed by atoms with Crippen LogP contribution < -0.4 is 0 Å². The van der Waals surface area contributed by atoms with Crippen LogP contribution in [0.1, 0.15) is 27.7 Å². The number of rotatable bonds is 7. The fraction of sp³-hybridized carbons (Fsp3) is 0.846. The van der Waals surface area contributed by atoms with E-state index in [4.69, 9.17) is 18.9 Å². The van der Waals surface area contributed by atoms with Gasteiger partial charge in [-0.3, -0.25) is 0 Å². The Kier molecular flexibility index (Phi) is 6.46. The molecule has 1 rings (SSSR count). The van der Waals surface area contributed by atoms with Crippen LogP contribution in [-0.2, 0) is 18.9 Å². The predicted molar refractivity (Wildman–Crippen MR) is 66.8 cm³/mol. The molecule has 0 aromatic heterocycles. The van der Waals surface area contributed by atoms with Crippen molar-refractivity contribution in [1.82, 2.24) is 0 Å². The lowest BCUT2D eigenvalue weighted by Gasteiger charge is -2.35. The van der Waals surface area contributed by atoms with Crippen molar-refractivity contribution in [3.8, 4) is 0 Å². The summed E-state index contributed by atoms with van der Waals surface area (Å²) in [5, 5.41) is 9.94. The Bertz CT molecular complexity index is 277. The molecular formula is C13H24O5. The lowest BCUT2D eigenvalue weighted by molar-refractivity contribution is -0.184. The fourth-order valence-corrected chi connectivity index (χ4v) is 1.93. The summed E-state index contributed by atoms with van der Waals surface area (Å²) in [5.41, 5.74) is 0. The second-order valence-corrected chi connectivity index (χ2v) is 4.07. The molecule has 1 aliphatic heterocycles. The Morgan fingerprint density at radius 1 is 1.06 bits per heavy atom. The summed E-state index contributed by atoms with van der Waals surface area (Å²) in [6.45, 7) is 9.73. The number of aliphatic hydroxyl groups is 1. The summed E-state index contributed by atoms with van der Waals surface area (Å²) in [7, 11) is 0. The maximum Gasteiger partial charge on any atom is 0.218 e. The molecule has 5 nitrogen and oxygen atoms in total. The third-order valence-corrected chi connectivity index (χ3v) is 2.83. The maximum atomic E-state index is 9.94. The molecule has 0 saturated carbocycles. The highest BCUT2D eigenvalue weighted by atomic mass is 16.7. The van der Waals surface area contributed by atoms with Gasteiger partial charge in [-0.15, -0.1) is 0 Å². The lowest BCUT2D eigenvalue weighted by Crippen LogP contribution is -2.40. The molecule has 0 amide bonds. The third kappa shape index (κ3) is 3.60. The molecule has 0 spiro atoms. The standard InChI is InChI=1S/C13H24O5/c1-5-15-8-10-9(4)11(16-6-2)12(17-7-3)13(14)18-10/h9-10,13-14H,5-8H2,1-4H3/t9-,10?,13+/m1/s1. The first-order valence-electron chi connectivity index (χ1n) is 6.56.